The molecular weight excluding hydrogens is 406 g/mol. The van der Waals surface area contributed by atoms with E-state index in [4.69, 9.17) is 14.2 Å². The molecule has 32 heavy (non-hydrogen) atoms. The van der Waals surface area contributed by atoms with Gasteiger partial charge in [-0.25, -0.2) is 9.97 Å². The predicted octanol–water partition coefficient (Wildman–Crippen LogP) is 4.17. The van der Waals surface area contributed by atoms with E-state index in [0.29, 0.717) is 29.2 Å². The van der Waals surface area contributed by atoms with Crippen molar-refractivity contribution >= 4 is 11.6 Å². The van der Waals surface area contributed by atoms with Crippen molar-refractivity contribution in [3.8, 4) is 28.5 Å². The molecule has 3 heterocycles. The zero-order chi connectivity index (χ0) is 22.1. The molecule has 3 aromatic rings. The zero-order valence-corrected chi connectivity index (χ0v) is 18.2. The van der Waals surface area contributed by atoms with E-state index in [2.05, 4.69) is 14.9 Å². The summed E-state index contributed by atoms with van der Waals surface area (Å²) in [5, 5.41) is 0. The fourth-order valence-corrected chi connectivity index (χ4v) is 4.56. The number of benzene rings is 2. The number of carbonyl (C=O) groups is 1. The second kappa shape index (κ2) is 8.15. The number of carbonyl (C=O) groups excluding carboxylic acids is 1. The van der Waals surface area contributed by atoms with Crippen LogP contribution in [0.1, 0.15) is 29.6 Å². The summed E-state index contributed by atoms with van der Waals surface area (Å²) in [6.07, 6.45) is 3.40. The second-order valence-electron chi connectivity index (χ2n) is 8.20. The summed E-state index contributed by atoms with van der Waals surface area (Å²) in [6.45, 7) is 1.49. The average Bonchev–Trinajstić information content (AvgIpc) is 2.84. The van der Waals surface area contributed by atoms with Crippen molar-refractivity contribution in [3.63, 3.8) is 0 Å². The van der Waals surface area contributed by atoms with Crippen molar-refractivity contribution in [1.29, 1.82) is 0 Å². The normalized spacial score (nSPS) is 16.9. The molecule has 2 aromatic carbocycles. The van der Waals surface area contributed by atoms with Gasteiger partial charge in [0.05, 0.1) is 26.3 Å². The summed E-state index contributed by atoms with van der Waals surface area (Å²) in [4.78, 5) is 24.2. The number of rotatable bonds is 4. The number of ketones is 1. The molecule has 164 valence electrons. The minimum atomic E-state index is -0.521. The number of Topliss-reactive ketones (excluding diaryl/α,β-unsaturated/α-hetero) is 1. The Morgan fingerprint density at radius 3 is 2.50 bits per heavy atom. The molecule has 0 unspecified atom stereocenters. The predicted molar refractivity (Wildman–Crippen MR) is 121 cm³/mol. The smallest absolute Gasteiger partial charge is 0.174 e. The van der Waals surface area contributed by atoms with E-state index in [0.717, 1.165) is 43.0 Å². The molecule has 0 radical (unpaired) electrons. The van der Waals surface area contributed by atoms with E-state index < -0.39 is 5.60 Å². The minimum absolute atomic E-state index is 0.0487. The van der Waals surface area contributed by atoms with Gasteiger partial charge in [-0.1, -0.05) is 30.3 Å². The number of piperidine rings is 1. The van der Waals surface area contributed by atoms with Gasteiger partial charge < -0.3 is 19.1 Å². The monoisotopic (exact) mass is 431 g/mol. The fraction of sp³-hybridized carbons (Fsp3) is 0.320. The van der Waals surface area contributed by atoms with Crippen LogP contribution in [0.2, 0.25) is 0 Å². The molecule has 2 aliphatic heterocycles. The molecule has 7 nitrogen and oxygen atoms in total. The molecule has 0 saturated carbocycles. The molecule has 1 spiro atoms. The minimum Gasteiger partial charge on any atom is -0.496 e. The molecular formula is C25H25N3O4. The summed E-state index contributed by atoms with van der Waals surface area (Å²) in [7, 11) is 3.14. The van der Waals surface area contributed by atoms with Crippen molar-refractivity contribution in [2.75, 3.05) is 32.2 Å². The number of anilines is 1. The van der Waals surface area contributed by atoms with E-state index in [1.165, 1.54) is 0 Å². The third-order valence-electron chi connectivity index (χ3n) is 6.30. The van der Waals surface area contributed by atoms with Crippen LogP contribution in [-0.4, -0.2) is 48.7 Å². The summed E-state index contributed by atoms with van der Waals surface area (Å²) in [5.74, 6) is 2.58. The molecule has 1 aromatic heterocycles. The zero-order valence-electron chi connectivity index (χ0n) is 18.2. The lowest BCUT2D eigenvalue weighted by atomic mass is 9.82. The Bertz CT molecular complexity index is 1140. The maximum atomic E-state index is 13.1. The SMILES string of the molecule is COc1cc(OC)c2c(c1)OC1(CCN(c3cc(-c4ccccc4)ncn3)CC1)CC2=O. The van der Waals surface area contributed by atoms with Crippen molar-refractivity contribution in [2.45, 2.75) is 24.9 Å². The Hall–Kier alpha value is -3.61. The van der Waals surface area contributed by atoms with E-state index >= 15 is 0 Å². The van der Waals surface area contributed by atoms with Gasteiger partial charge in [0.25, 0.3) is 0 Å². The largest absolute Gasteiger partial charge is 0.496 e. The highest BCUT2D eigenvalue weighted by Crippen LogP contribution is 2.45. The molecule has 0 amide bonds. The Morgan fingerprint density at radius 2 is 1.78 bits per heavy atom. The Balaban J connectivity index is 1.36. The first kappa shape index (κ1) is 20.3. The van der Waals surface area contributed by atoms with Crippen LogP contribution in [-0.2, 0) is 0 Å². The van der Waals surface area contributed by atoms with E-state index in [1.54, 1.807) is 32.7 Å². The van der Waals surface area contributed by atoms with Gasteiger partial charge in [-0.15, -0.1) is 0 Å². The maximum absolute atomic E-state index is 13.1. The highest BCUT2D eigenvalue weighted by molar-refractivity contribution is 6.03. The van der Waals surface area contributed by atoms with Crippen LogP contribution in [0, 0.1) is 0 Å². The summed E-state index contributed by atoms with van der Waals surface area (Å²) < 4.78 is 17.2. The average molecular weight is 431 g/mol. The number of nitrogens with zero attached hydrogens (tertiary/aromatic N) is 3. The maximum Gasteiger partial charge on any atom is 0.174 e. The molecule has 5 rings (SSSR count). The van der Waals surface area contributed by atoms with Crippen LogP contribution in [0.15, 0.2) is 54.9 Å². The van der Waals surface area contributed by atoms with Crippen molar-refractivity contribution in [3.05, 3.63) is 60.4 Å². The van der Waals surface area contributed by atoms with Crippen molar-refractivity contribution in [1.82, 2.24) is 9.97 Å². The highest BCUT2D eigenvalue weighted by atomic mass is 16.5. The molecule has 0 bridgehead atoms. The van der Waals surface area contributed by atoms with E-state index in [9.17, 15) is 4.79 Å². The van der Waals surface area contributed by atoms with Gasteiger partial charge in [-0.05, 0) is 0 Å². The molecule has 2 aliphatic rings. The van der Waals surface area contributed by atoms with Gasteiger partial charge in [-0.3, -0.25) is 4.79 Å². The number of fused-ring (bicyclic) bond motifs is 1. The van der Waals surface area contributed by atoms with E-state index in [1.807, 2.05) is 36.4 Å². The Kier molecular flexibility index (Phi) is 5.17. The Morgan fingerprint density at radius 1 is 1.00 bits per heavy atom. The van der Waals surface area contributed by atoms with Gasteiger partial charge in [0.15, 0.2) is 5.78 Å². The number of aromatic nitrogens is 2. The molecule has 1 fully saturated rings. The van der Waals surface area contributed by atoms with Gasteiger partial charge in [0.2, 0.25) is 0 Å². The fourth-order valence-electron chi connectivity index (χ4n) is 4.56. The standard InChI is InChI=1S/C25H25N3O4/c1-30-18-12-21(31-2)24-20(29)15-25(32-22(24)13-18)8-10-28(11-9-25)23-14-19(26-16-27-23)17-6-4-3-5-7-17/h3-7,12-14,16H,8-11,15H2,1-2H3. The van der Waals surface area contributed by atoms with Gasteiger partial charge in [0, 0.05) is 49.7 Å². The molecule has 1 saturated heterocycles. The second-order valence-corrected chi connectivity index (χ2v) is 8.20. The van der Waals surface area contributed by atoms with Gasteiger partial charge in [0.1, 0.15) is 40.6 Å². The third kappa shape index (κ3) is 3.64. The number of hydrogen-bond donors (Lipinski definition) is 0. The quantitative estimate of drug-likeness (QED) is 0.614. The summed E-state index contributed by atoms with van der Waals surface area (Å²) in [6, 6.07) is 15.6. The molecule has 0 aliphatic carbocycles. The number of methoxy groups -OCH3 is 2. The third-order valence-corrected chi connectivity index (χ3v) is 6.30. The summed E-state index contributed by atoms with van der Waals surface area (Å²) >= 11 is 0. The van der Waals surface area contributed by atoms with Crippen LogP contribution >= 0.6 is 0 Å². The van der Waals surface area contributed by atoms with Crippen molar-refractivity contribution < 1.29 is 19.0 Å². The van der Waals surface area contributed by atoms with Crippen molar-refractivity contribution in [2.24, 2.45) is 0 Å². The van der Waals surface area contributed by atoms with E-state index in [-0.39, 0.29) is 5.78 Å². The van der Waals surface area contributed by atoms with Gasteiger partial charge in [-0.2, -0.15) is 0 Å². The molecule has 0 atom stereocenters. The van der Waals surface area contributed by atoms with Crippen LogP contribution in [0.4, 0.5) is 5.82 Å². The topological polar surface area (TPSA) is 73.8 Å². The van der Waals surface area contributed by atoms with Crippen LogP contribution in [0.25, 0.3) is 11.3 Å². The number of ether oxygens (including phenoxy) is 3. The van der Waals surface area contributed by atoms with Crippen LogP contribution < -0.4 is 19.1 Å². The highest BCUT2D eigenvalue weighted by Gasteiger charge is 2.44. The van der Waals surface area contributed by atoms with Gasteiger partial charge >= 0.3 is 0 Å². The van der Waals surface area contributed by atoms with Crippen LogP contribution in [0.3, 0.4) is 0 Å². The summed E-state index contributed by atoms with van der Waals surface area (Å²) in [5.41, 5.74) is 1.94. The lowest BCUT2D eigenvalue weighted by Gasteiger charge is -2.44. The molecule has 0 N–H and O–H groups in total. The first-order valence-corrected chi connectivity index (χ1v) is 10.7. The lowest BCUT2D eigenvalue weighted by molar-refractivity contribution is 0.0225. The Labute approximate surface area is 187 Å². The van der Waals surface area contributed by atoms with Crippen LogP contribution in [0.5, 0.6) is 17.2 Å². The first-order chi connectivity index (χ1) is 15.6. The number of hydrogen-bond acceptors (Lipinski definition) is 7. The lowest BCUT2D eigenvalue weighted by Crippen LogP contribution is -2.51. The first-order valence-electron chi connectivity index (χ1n) is 10.7. The molecule has 7 heteroatoms.